The third-order valence-electron chi connectivity index (χ3n) is 1.83. The van der Waals surface area contributed by atoms with E-state index in [1.165, 1.54) is 0 Å². The third kappa shape index (κ3) is 2.74. The van der Waals surface area contributed by atoms with Gasteiger partial charge in [-0.1, -0.05) is 0 Å². The summed E-state index contributed by atoms with van der Waals surface area (Å²) in [6, 6.07) is 0. The molecule has 0 atom stereocenters. The molecule has 0 bridgehead atoms. The number of likely N-dealkylation sites (tertiary alicyclic amines) is 1. The monoisotopic (exact) mass is 247 g/mol. The van der Waals surface area contributed by atoms with Crippen molar-refractivity contribution in [2.24, 2.45) is 0 Å². The number of halogens is 3. The summed E-state index contributed by atoms with van der Waals surface area (Å²) >= 11 is 0. The van der Waals surface area contributed by atoms with Crippen molar-refractivity contribution in [3.63, 3.8) is 0 Å². The second kappa shape index (κ2) is 3.87. The summed E-state index contributed by atoms with van der Waals surface area (Å²) in [5.41, 5.74) is -5.57. The van der Waals surface area contributed by atoms with Crippen molar-refractivity contribution in [1.29, 1.82) is 0 Å². The maximum Gasteiger partial charge on any atom is 0.534 e. The maximum absolute atomic E-state index is 11.8. The molecule has 0 aromatic heterocycles. The summed E-state index contributed by atoms with van der Waals surface area (Å²) in [6.45, 7) is 0.429. The van der Waals surface area contributed by atoms with E-state index in [1.54, 1.807) is 0 Å². The zero-order valence-electron chi connectivity index (χ0n) is 7.45. The lowest BCUT2D eigenvalue weighted by Crippen LogP contribution is -2.35. The van der Waals surface area contributed by atoms with Crippen molar-refractivity contribution in [2.75, 3.05) is 13.1 Å². The molecule has 1 fully saturated rings. The van der Waals surface area contributed by atoms with Gasteiger partial charge < -0.3 is 9.08 Å². The Kier molecular flexibility index (Phi) is 3.12. The number of carbonyl (C=O) groups is 1. The van der Waals surface area contributed by atoms with Crippen LogP contribution in [-0.2, 0) is 14.3 Å². The highest BCUT2D eigenvalue weighted by molar-refractivity contribution is 7.88. The van der Waals surface area contributed by atoms with Crippen LogP contribution in [0.25, 0.3) is 0 Å². The Balaban J connectivity index is 2.66. The Morgan fingerprint density at radius 2 is 1.67 bits per heavy atom. The molecule has 1 amide bonds. The van der Waals surface area contributed by atoms with Crippen molar-refractivity contribution in [1.82, 2.24) is 4.90 Å². The highest BCUT2D eigenvalue weighted by Crippen LogP contribution is 2.25. The molecule has 5 nitrogen and oxygen atoms in total. The number of nitrogens with zero attached hydrogens (tertiary/aromatic N) is 1. The summed E-state index contributed by atoms with van der Waals surface area (Å²) in [5.74, 6) is 0. The van der Waals surface area contributed by atoms with Crippen LogP contribution in [0.4, 0.5) is 18.0 Å². The lowest BCUT2D eigenvalue weighted by atomic mass is 10.4. The first kappa shape index (κ1) is 12.1. The van der Waals surface area contributed by atoms with E-state index in [9.17, 15) is 26.4 Å². The van der Waals surface area contributed by atoms with Crippen molar-refractivity contribution in [3.8, 4) is 0 Å². The van der Waals surface area contributed by atoms with Gasteiger partial charge in [-0.3, -0.25) is 0 Å². The minimum atomic E-state index is -5.83. The molecule has 0 saturated carbocycles. The fourth-order valence-corrected chi connectivity index (χ4v) is 1.48. The molecule has 88 valence electrons. The quantitative estimate of drug-likeness (QED) is 0.513. The van der Waals surface area contributed by atoms with Crippen LogP contribution in [0.1, 0.15) is 12.8 Å². The molecular formula is C6H8F3NO4S. The smallest absolute Gasteiger partial charge is 0.321 e. The molecule has 1 aliphatic rings. The average molecular weight is 247 g/mol. The fourth-order valence-electron chi connectivity index (χ4n) is 1.09. The van der Waals surface area contributed by atoms with Gasteiger partial charge in [-0.15, -0.1) is 0 Å². The zero-order chi connectivity index (χ0) is 11.7. The van der Waals surface area contributed by atoms with Crippen LogP contribution in [0.15, 0.2) is 0 Å². The molecule has 9 heteroatoms. The molecule has 1 aliphatic heterocycles. The zero-order valence-corrected chi connectivity index (χ0v) is 8.27. The molecule has 0 spiro atoms. The number of rotatable bonds is 1. The van der Waals surface area contributed by atoms with Gasteiger partial charge in [0.05, 0.1) is 0 Å². The van der Waals surface area contributed by atoms with E-state index in [1.807, 2.05) is 0 Å². The van der Waals surface area contributed by atoms with Crippen molar-refractivity contribution in [2.45, 2.75) is 18.3 Å². The summed E-state index contributed by atoms with van der Waals surface area (Å²) in [5, 5.41) is 0. The highest BCUT2D eigenvalue weighted by atomic mass is 32.2. The molecule has 0 radical (unpaired) electrons. The molecule has 1 saturated heterocycles. The van der Waals surface area contributed by atoms with Gasteiger partial charge in [0.1, 0.15) is 0 Å². The Hall–Kier alpha value is -0.990. The van der Waals surface area contributed by atoms with Crippen LogP contribution in [-0.4, -0.2) is 38.0 Å². The molecule has 1 heterocycles. The van der Waals surface area contributed by atoms with Crippen LogP contribution >= 0.6 is 0 Å². The molecule has 0 unspecified atom stereocenters. The molecule has 1 rings (SSSR count). The van der Waals surface area contributed by atoms with Crippen LogP contribution in [0.2, 0.25) is 0 Å². The summed E-state index contributed by atoms with van der Waals surface area (Å²) < 4.78 is 59.7. The minimum Gasteiger partial charge on any atom is -0.321 e. The Bertz CT molecular complexity index is 344. The third-order valence-corrected chi connectivity index (χ3v) is 2.76. The van der Waals surface area contributed by atoms with Gasteiger partial charge in [0.25, 0.3) is 0 Å². The standard InChI is InChI=1S/C6H8F3NO4S/c7-6(8,9)15(12,13)14-5(11)10-3-1-2-4-10/h1-4H2. The molecule has 15 heavy (non-hydrogen) atoms. The van der Waals surface area contributed by atoms with E-state index in [4.69, 9.17) is 0 Å². The topological polar surface area (TPSA) is 63.7 Å². The van der Waals surface area contributed by atoms with Gasteiger partial charge in [-0.2, -0.15) is 21.6 Å². The van der Waals surface area contributed by atoms with E-state index in [-0.39, 0.29) is 13.1 Å². The average Bonchev–Trinajstić information content (AvgIpc) is 2.51. The number of hydrogen-bond donors (Lipinski definition) is 0. The minimum absolute atomic E-state index is 0.214. The van der Waals surface area contributed by atoms with Crippen molar-refractivity contribution < 1.29 is 30.6 Å². The number of amides is 1. The summed E-state index contributed by atoms with van der Waals surface area (Å²) in [6.07, 6.45) is -0.215. The van der Waals surface area contributed by atoms with E-state index in [2.05, 4.69) is 4.18 Å². The van der Waals surface area contributed by atoms with Crippen LogP contribution in [0, 0.1) is 0 Å². The van der Waals surface area contributed by atoms with E-state index in [0.717, 1.165) is 4.90 Å². The largest absolute Gasteiger partial charge is 0.534 e. The van der Waals surface area contributed by atoms with Crippen LogP contribution in [0.3, 0.4) is 0 Å². The first-order valence-corrected chi connectivity index (χ1v) is 5.44. The Labute approximate surface area is 83.9 Å². The SMILES string of the molecule is O=C(OS(=O)(=O)C(F)(F)F)N1CCCC1. The van der Waals surface area contributed by atoms with E-state index in [0.29, 0.717) is 12.8 Å². The molecule has 0 aromatic carbocycles. The van der Waals surface area contributed by atoms with Gasteiger partial charge in [-0.25, -0.2) is 4.79 Å². The summed E-state index contributed by atoms with van der Waals surface area (Å²) in [4.78, 5) is 11.9. The van der Waals surface area contributed by atoms with Gasteiger partial charge in [-0.05, 0) is 12.8 Å². The summed E-state index contributed by atoms with van der Waals surface area (Å²) in [7, 11) is -5.83. The van der Waals surface area contributed by atoms with Crippen LogP contribution < -0.4 is 0 Å². The lowest BCUT2D eigenvalue weighted by Gasteiger charge is -2.15. The van der Waals surface area contributed by atoms with Crippen LogP contribution in [0.5, 0.6) is 0 Å². The second-order valence-corrected chi connectivity index (χ2v) is 4.48. The molecule has 0 aliphatic carbocycles. The first-order chi connectivity index (χ1) is 6.74. The van der Waals surface area contributed by atoms with Gasteiger partial charge in [0.15, 0.2) is 0 Å². The van der Waals surface area contributed by atoms with Gasteiger partial charge in [0.2, 0.25) is 0 Å². The number of alkyl halides is 3. The predicted octanol–water partition coefficient (Wildman–Crippen LogP) is 1.07. The van der Waals surface area contributed by atoms with Gasteiger partial charge >= 0.3 is 21.7 Å². The fraction of sp³-hybridized carbons (Fsp3) is 0.833. The Morgan fingerprint density at radius 1 is 1.20 bits per heavy atom. The number of carbonyl (C=O) groups excluding carboxylic acids is 1. The lowest BCUT2D eigenvalue weighted by molar-refractivity contribution is -0.0522. The maximum atomic E-state index is 11.8. The van der Waals surface area contributed by atoms with E-state index >= 15 is 0 Å². The normalized spacial score (nSPS) is 17.9. The van der Waals surface area contributed by atoms with Gasteiger partial charge in [0, 0.05) is 13.1 Å². The predicted molar refractivity (Wildman–Crippen MR) is 42.3 cm³/mol. The van der Waals surface area contributed by atoms with Crippen molar-refractivity contribution >= 4 is 16.2 Å². The Morgan fingerprint density at radius 3 is 2.07 bits per heavy atom. The molecule has 0 N–H and O–H groups in total. The highest BCUT2D eigenvalue weighted by Gasteiger charge is 2.50. The first-order valence-electron chi connectivity index (χ1n) is 4.04. The second-order valence-electron chi connectivity index (χ2n) is 2.94. The molecule has 0 aromatic rings. The molecular weight excluding hydrogens is 239 g/mol. The number of hydrogen-bond acceptors (Lipinski definition) is 4. The van der Waals surface area contributed by atoms with Crippen molar-refractivity contribution in [3.05, 3.63) is 0 Å². The van der Waals surface area contributed by atoms with E-state index < -0.39 is 21.7 Å².